The second kappa shape index (κ2) is 6.87. The topological polar surface area (TPSA) is 57.6 Å². The Balaban J connectivity index is 1.72. The fraction of sp³-hybridized carbons (Fsp3) is 0.300. The lowest BCUT2D eigenvalue weighted by Crippen LogP contribution is -2.19. The van der Waals surface area contributed by atoms with Gasteiger partial charge in [0.25, 0.3) is 0 Å². The summed E-state index contributed by atoms with van der Waals surface area (Å²) >= 11 is 0. The van der Waals surface area contributed by atoms with Gasteiger partial charge in [-0.15, -0.1) is 0 Å². The first-order chi connectivity index (χ1) is 11.5. The van der Waals surface area contributed by atoms with Crippen molar-refractivity contribution in [2.75, 3.05) is 11.4 Å². The average Bonchev–Trinajstić information content (AvgIpc) is 2.97. The van der Waals surface area contributed by atoms with Crippen LogP contribution < -0.4 is 4.90 Å². The molecule has 0 saturated carbocycles. The van der Waals surface area contributed by atoms with Crippen LogP contribution in [-0.4, -0.2) is 23.4 Å². The summed E-state index contributed by atoms with van der Waals surface area (Å²) in [6.07, 6.45) is 0.859. The Morgan fingerprint density at radius 2 is 1.83 bits per heavy atom. The fourth-order valence-corrected chi connectivity index (χ4v) is 3.09. The molecule has 1 aliphatic rings. The Hall–Kier alpha value is -2.62. The highest BCUT2D eigenvalue weighted by Crippen LogP contribution is 2.30. The number of fused-ring (bicyclic) bond motifs is 1. The third-order valence-electron chi connectivity index (χ3n) is 4.45. The number of benzene rings is 2. The van der Waals surface area contributed by atoms with Crippen molar-refractivity contribution in [2.24, 2.45) is 0 Å². The predicted molar refractivity (Wildman–Crippen MR) is 93.6 cm³/mol. The van der Waals surface area contributed by atoms with Gasteiger partial charge in [-0.3, -0.25) is 9.59 Å². The summed E-state index contributed by atoms with van der Waals surface area (Å²) in [5.74, 6) is -1.04. The molecular weight excluding hydrogens is 302 g/mol. The summed E-state index contributed by atoms with van der Waals surface area (Å²) < 4.78 is 0. The summed E-state index contributed by atoms with van der Waals surface area (Å²) in [5.41, 5.74) is 5.49. The van der Waals surface area contributed by atoms with E-state index in [4.69, 9.17) is 5.11 Å². The number of hydrogen-bond donors (Lipinski definition) is 1. The number of anilines is 1. The van der Waals surface area contributed by atoms with E-state index in [1.165, 1.54) is 22.4 Å². The second-order valence-corrected chi connectivity index (χ2v) is 6.32. The van der Waals surface area contributed by atoms with E-state index in [0.29, 0.717) is 5.56 Å². The number of carboxylic acid groups (broad SMARTS) is 1. The van der Waals surface area contributed by atoms with Crippen molar-refractivity contribution in [1.29, 1.82) is 0 Å². The molecule has 0 unspecified atom stereocenters. The Bertz CT molecular complexity index is 765. The number of carbonyl (C=O) groups is 2. The van der Waals surface area contributed by atoms with Crippen LogP contribution in [0.5, 0.6) is 0 Å². The van der Waals surface area contributed by atoms with Gasteiger partial charge in [-0.05, 0) is 42.7 Å². The molecule has 0 radical (unpaired) electrons. The quantitative estimate of drug-likeness (QED) is 0.825. The normalized spacial score (nSPS) is 13.0. The van der Waals surface area contributed by atoms with Crippen LogP contribution in [0.3, 0.4) is 0 Å². The van der Waals surface area contributed by atoms with Crippen molar-refractivity contribution >= 4 is 17.4 Å². The van der Waals surface area contributed by atoms with Gasteiger partial charge in [-0.25, -0.2) is 0 Å². The Labute approximate surface area is 141 Å². The average molecular weight is 323 g/mol. The van der Waals surface area contributed by atoms with E-state index < -0.39 is 5.97 Å². The summed E-state index contributed by atoms with van der Waals surface area (Å²) in [4.78, 5) is 25.0. The highest BCUT2D eigenvalue weighted by Gasteiger charge is 2.20. The van der Waals surface area contributed by atoms with Crippen LogP contribution in [0.4, 0.5) is 5.69 Å². The number of aliphatic carboxylic acids is 1. The van der Waals surface area contributed by atoms with Crippen LogP contribution in [-0.2, 0) is 17.8 Å². The molecule has 2 aromatic carbocycles. The SMILES string of the molecule is Cc1ccc(CN2CCc3cc(C(=O)CCC(=O)O)ccc32)cc1. The largest absolute Gasteiger partial charge is 0.481 e. The zero-order chi connectivity index (χ0) is 17.1. The van der Waals surface area contributed by atoms with E-state index in [1.807, 2.05) is 18.2 Å². The molecule has 1 N–H and O–H groups in total. The molecule has 24 heavy (non-hydrogen) atoms. The molecule has 0 amide bonds. The van der Waals surface area contributed by atoms with Gasteiger partial charge in [0.2, 0.25) is 0 Å². The lowest BCUT2D eigenvalue weighted by atomic mass is 10.0. The highest BCUT2D eigenvalue weighted by atomic mass is 16.4. The van der Waals surface area contributed by atoms with Gasteiger partial charge in [0.05, 0.1) is 6.42 Å². The number of ketones is 1. The molecule has 0 aromatic heterocycles. The van der Waals surface area contributed by atoms with Crippen LogP contribution in [0.25, 0.3) is 0 Å². The van der Waals surface area contributed by atoms with Crippen LogP contribution in [0.15, 0.2) is 42.5 Å². The van der Waals surface area contributed by atoms with Crippen LogP contribution in [0.1, 0.15) is 39.9 Å². The third-order valence-corrected chi connectivity index (χ3v) is 4.45. The molecule has 0 saturated heterocycles. The summed E-state index contributed by atoms with van der Waals surface area (Å²) in [6.45, 7) is 3.88. The van der Waals surface area contributed by atoms with Gasteiger partial charge in [-0.2, -0.15) is 0 Å². The fourth-order valence-electron chi connectivity index (χ4n) is 3.09. The van der Waals surface area contributed by atoms with Gasteiger partial charge in [0.15, 0.2) is 5.78 Å². The lowest BCUT2D eigenvalue weighted by molar-refractivity contribution is -0.136. The van der Waals surface area contributed by atoms with Crippen molar-refractivity contribution in [3.63, 3.8) is 0 Å². The van der Waals surface area contributed by atoms with Gasteiger partial charge in [0, 0.05) is 30.8 Å². The van der Waals surface area contributed by atoms with Crippen LogP contribution in [0.2, 0.25) is 0 Å². The minimum atomic E-state index is -0.936. The second-order valence-electron chi connectivity index (χ2n) is 6.32. The zero-order valence-corrected chi connectivity index (χ0v) is 13.8. The van der Waals surface area contributed by atoms with E-state index >= 15 is 0 Å². The van der Waals surface area contributed by atoms with E-state index in [1.54, 1.807) is 0 Å². The highest BCUT2D eigenvalue weighted by molar-refractivity contribution is 5.98. The van der Waals surface area contributed by atoms with Crippen LogP contribution in [0, 0.1) is 6.92 Å². The number of rotatable bonds is 6. The maximum Gasteiger partial charge on any atom is 0.303 e. The number of hydrogen-bond acceptors (Lipinski definition) is 3. The molecular formula is C20H21NO3. The van der Waals surface area contributed by atoms with E-state index in [2.05, 4.69) is 36.1 Å². The van der Waals surface area contributed by atoms with Crippen molar-refractivity contribution < 1.29 is 14.7 Å². The number of nitrogens with zero attached hydrogens (tertiary/aromatic N) is 1. The van der Waals surface area contributed by atoms with Crippen molar-refractivity contribution in [3.8, 4) is 0 Å². The summed E-state index contributed by atoms with van der Waals surface area (Å²) in [7, 11) is 0. The monoisotopic (exact) mass is 323 g/mol. The molecule has 1 heterocycles. The van der Waals surface area contributed by atoms with Crippen LogP contribution >= 0.6 is 0 Å². The molecule has 0 aliphatic carbocycles. The minimum Gasteiger partial charge on any atom is -0.481 e. The summed E-state index contributed by atoms with van der Waals surface area (Å²) in [5, 5.41) is 8.70. The molecule has 0 spiro atoms. The van der Waals surface area contributed by atoms with Crippen molar-refractivity contribution in [2.45, 2.75) is 32.7 Å². The van der Waals surface area contributed by atoms with Gasteiger partial charge < -0.3 is 10.0 Å². The maximum atomic E-state index is 12.1. The molecule has 3 rings (SSSR count). The minimum absolute atomic E-state index is 0.0567. The smallest absolute Gasteiger partial charge is 0.303 e. The first kappa shape index (κ1) is 16.2. The predicted octanol–water partition coefficient (Wildman–Crippen LogP) is 3.61. The number of carbonyl (C=O) groups excluding carboxylic acids is 1. The Kier molecular flexibility index (Phi) is 4.65. The molecule has 0 atom stereocenters. The number of aryl methyl sites for hydroxylation is 1. The van der Waals surface area contributed by atoms with E-state index in [0.717, 1.165) is 19.5 Å². The number of carboxylic acids is 1. The first-order valence-electron chi connectivity index (χ1n) is 8.21. The Morgan fingerprint density at radius 1 is 1.08 bits per heavy atom. The van der Waals surface area contributed by atoms with E-state index in [-0.39, 0.29) is 18.6 Å². The van der Waals surface area contributed by atoms with Gasteiger partial charge in [0.1, 0.15) is 0 Å². The van der Waals surface area contributed by atoms with Crippen molar-refractivity contribution in [1.82, 2.24) is 0 Å². The lowest BCUT2D eigenvalue weighted by Gasteiger charge is -2.19. The molecule has 1 aliphatic heterocycles. The molecule has 4 heteroatoms. The first-order valence-corrected chi connectivity index (χ1v) is 8.21. The van der Waals surface area contributed by atoms with Gasteiger partial charge >= 0.3 is 5.97 Å². The maximum absolute atomic E-state index is 12.1. The molecule has 0 bridgehead atoms. The standard InChI is InChI=1S/C20H21NO3/c1-14-2-4-15(5-3-14)13-21-11-10-16-12-17(6-7-18(16)21)19(22)8-9-20(23)24/h2-7,12H,8-11,13H2,1H3,(H,23,24). The summed E-state index contributed by atoms with van der Waals surface area (Å²) in [6, 6.07) is 14.3. The third kappa shape index (κ3) is 3.65. The molecule has 0 fully saturated rings. The molecule has 2 aromatic rings. The van der Waals surface area contributed by atoms with E-state index in [9.17, 15) is 9.59 Å². The molecule has 124 valence electrons. The van der Waals surface area contributed by atoms with Gasteiger partial charge in [-0.1, -0.05) is 29.8 Å². The number of Topliss-reactive ketones (excluding diaryl/α,β-unsaturated/α-hetero) is 1. The molecule has 4 nitrogen and oxygen atoms in total. The Morgan fingerprint density at radius 3 is 2.54 bits per heavy atom. The van der Waals surface area contributed by atoms with Crippen molar-refractivity contribution in [3.05, 3.63) is 64.7 Å². The zero-order valence-electron chi connectivity index (χ0n) is 13.8.